The number of para-hydroxylation sites is 1. The summed E-state index contributed by atoms with van der Waals surface area (Å²) in [6.45, 7) is 2.01. The number of thiocarbonyl (C=S) groups is 1. The molecule has 2 aromatic carbocycles. The van der Waals surface area contributed by atoms with Gasteiger partial charge >= 0.3 is 0 Å². The van der Waals surface area contributed by atoms with Gasteiger partial charge in [0.1, 0.15) is 0 Å². The monoisotopic (exact) mass is 380 g/mol. The van der Waals surface area contributed by atoms with Crippen molar-refractivity contribution >= 4 is 34.6 Å². The Morgan fingerprint density at radius 1 is 1.08 bits per heavy atom. The number of hydrogen-bond donors (Lipinski definition) is 2. The number of nitrogens with zero attached hydrogens (tertiary/aromatic N) is 2. The van der Waals surface area contributed by atoms with Crippen molar-refractivity contribution in [2.24, 2.45) is 0 Å². The Morgan fingerprint density at radius 2 is 1.81 bits per heavy atom. The molecule has 130 valence electrons. The summed E-state index contributed by atoms with van der Waals surface area (Å²) in [5, 5.41) is 12.5. The summed E-state index contributed by atoms with van der Waals surface area (Å²) < 4.78 is 1.90. The number of benzene rings is 2. The maximum atomic E-state index is 6.00. The van der Waals surface area contributed by atoms with E-state index in [1.165, 1.54) is 0 Å². The Morgan fingerprint density at radius 3 is 2.54 bits per heavy atom. The zero-order valence-electron chi connectivity index (χ0n) is 14.1. The van der Waals surface area contributed by atoms with Gasteiger partial charge in [-0.15, -0.1) is 0 Å². The molecule has 1 atom stereocenters. The van der Waals surface area contributed by atoms with E-state index >= 15 is 0 Å². The molecule has 4 nitrogen and oxygen atoms in total. The van der Waals surface area contributed by atoms with Gasteiger partial charge in [0.25, 0.3) is 0 Å². The van der Waals surface area contributed by atoms with Crippen molar-refractivity contribution in [2.75, 3.05) is 0 Å². The van der Waals surface area contributed by atoms with E-state index < -0.39 is 0 Å². The average molecular weight is 381 g/mol. The van der Waals surface area contributed by atoms with E-state index in [1.807, 2.05) is 72.4 Å². The molecule has 0 saturated carbocycles. The molecule has 1 aliphatic heterocycles. The maximum absolute atomic E-state index is 6.00. The highest BCUT2D eigenvalue weighted by molar-refractivity contribution is 7.80. The van der Waals surface area contributed by atoms with E-state index in [0.717, 1.165) is 28.2 Å². The number of nitrogens with one attached hydrogen (secondary N) is 2. The zero-order valence-corrected chi connectivity index (χ0v) is 15.7. The van der Waals surface area contributed by atoms with Gasteiger partial charge in [0.05, 0.1) is 17.4 Å². The number of hydrogen-bond acceptors (Lipinski definition) is 2. The van der Waals surface area contributed by atoms with E-state index in [9.17, 15) is 0 Å². The third kappa shape index (κ3) is 3.36. The quantitative estimate of drug-likeness (QED) is 0.661. The van der Waals surface area contributed by atoms with Crippen molar-refractivity contribution in [3.8, 4) is 5.69 Å². The van der Waals surface area contributed by atoms with E-state index in [1.54, 1.807) is 0 Å². The van der Waals surface area contributed by atoms with Crippen LogP contribution in [0.4, 0.5) is 0 Å². The first-order valence-corrected chi connectivity index (χ1v) is 9.05. The van der Waals surface area contributed by atoms with Gasteiger partial charge in [0, 0.05) is 22.5 Å². The average Bonchev–Trinajstić information content (AvgIpc) is 3.04. The summed E-state index contributed by atoms with van der Waals surface area (Å²) in [5.74, 6) is 0. The molecule has 6 heteroatoms. The Kier molecular flexibility index (Phi) is 4.49. The van der Waals surface area contributed by atoms with E-state index in [2.05, 4.69) is 21.8 Å². The number of rotatable bonds is 3. The standard InChI is InChI=1S/C20H17ClN4S/c1-13-17(12-25(24-13)16-5-3-2-4-6-16)19-11-18(22-20(26)23-19)14-7-9-15(21)10-8-14/h2-12,19H,1H3,(H2,22,23,26)/t19-/m0/s1. The lowest BCUT2D eigenvalue weighted by Gasteiger charge is -2.25. The fourth-order valence-corrected chi connectivity index (χ4v) is 3.37. The lowest BCUT2D eigenvalue weighted by atomic mass is 10.0. The highest BCUT2D eigenvalue weighted by Crippen LogP contribution is 2.26. The molecule has 26 heavy (non-hydrogen) atoms. The molecule has 0 radical (unpaired) electrons. The Labute approximate surface area is 162 Å². The molecule has 2 N–H and O–H groups in total. The van der Waals surface area contributed by atoms with Crippen LogP contribution < -0.4 is 10.6 Å². The zero-order chi connectivity index (χ0) is 18.1. The summed E-state index contributed by atoms with van der Waals surface area (Å²) in [6, 6.07) is 17.7. The van der Waals surface area contributed by atoms with Crippen LogP contribution in [0.5, 0.6) is 0 Å². The van der Waals surface area contributed by atoms with Crippen LogP contribution in [-0.2, 0) is 0 Å². The molecule has 0 spiro atoms. The van der Waals surface area contributed by atoms with Crippen LogP contribution in [0.15, 0.2) is 66.9 Å². The fourth-order valence-electron chi connectivity index (χ4n) is 3.01. The summed E-state index contributed by atoms with van der Waals surface area (Å²) >= 11 is 11.4. The van der Waals surface area contributed by atoms with Gasteiger partial charge in [-0.2, -0.15) is 5.10 Å². The molecule has 4 rings (SSSR count). The van der Waals surface area contributed by atoms with Crippen LogP contribution in [0.1, 0.15) is 22.9 Å². The van der Waals surface area contributed by atoms with E-state index in [-0.39, 0.29) is 6.04 Å². The topological polar surface area (TPSA) is 41.9 Å². The van der Waals surface area contributed by atoms with Crippen LogP contribution in [0.3, 0.4) is 0 Å². The van der Waals surface area contributed by atoms with Crippen LogP contribution in [0.2, 0.25) is 5.02 Å². The second-order valence-corrected chi connectivity index (χ2v) is 6.96. The second kappa shape index (κ2) is 6.94. The first kappa shape index (κ1) is 16.8. The first-order valence-electron chi connectivity index (χ1n) is 8.27. The Bertz CT molecular complexity index is 977. The van der Waals surface area contributed by atoms with Crippen LogP contribution in [0.25, 0.3) is 11.4 Å². The molecule has 2 heterocycles. The lowest BCUT2D eigenvalue weighted by Crippen LogP contribution is -2.40. The highest BCUT2D eigenvalue weighted by Gasteiger charge is 2.22. The smallest absolute Gasteiger partial charge is 0.171 e. The van der Waals surface area contributed by atoms with Crippen molar-refractivity contribution in [3.05, 3.63) is 88.7 Å². The van der Waals surface area contributed by atoms with E-state index in [0.29, 0.717) is 10.1 Å². The van der Waals surface area contributed by atoms with Crippen LogP contribution in [0, 0.1) is 6.92 Å². The highest BCUT2D eigenvalue weighted by atomic mass is 35.5. The minimum absolute atomic E-state index is 0.0492. The van der Waals surface area contributed by atoms with Crippen molar-refractivity contribution in [1.82, 2.24) is 20.4 Å². The predicted molar refractivity (Wildman–Crippen MR) is 109 cm³/mol. The third-order valence-corrected chi connectivity index (χ3v) is 4.79. The molecular weight excluding hydrogens is 364 g/mol. The summed E-state index contributed by atoms with van der Waals surface area (Å²) in [4.78, 5) is 0. The Hall–Kier alpha value is -2.63. The summed E-state index contributed by atoms with van der Waals surface area (Å²) in [7, 11) is 0. The van der Waals surface area contributed by atoms with Gasteiger partial charge in [-0.1, -0.05) is 41.9 Å². The SMILES string of the molecule is Cc1nn(-c2ccccc2)cc1[C@@H]1C=C(c2ccc(Cl)cc2)NC(=S)N1. The summed E-state index contributed by atoms with van der Waals surface area (Å²) in [5.41, 5.74) is 5.07. The number of aryl methyl sites for hydroxylation is 1. The van der Waals surface area contributed by atoms with Crippen molar-refractivity contribution < 1.29 is 0 Å². The van der Waals surface area contributed by atoms with Crippen molar-refractivity contribution in [2.45, 2.75) is 13.0 Å². The molecule has 0 aliphatic carbocycles. The lowest BCUT2D eigenvalue weighted by molar-refractivity contribution is 0.760. The van der Waals surface area contributed by atoms with Crippen LogP contribution >= 0.6 is 23.8 Å². The van der Waals surface area contributed by atoms with E-state index in [4.69, 9.17) is 23.8 Å². The molecule has 1 aromatic heterocycles. The maximum Gasteiger partial charge on any atom is 0.171 e. The van der Waals surface area contributed by atoms with Gasteiger partial charge in [0.2, 0.25) is 0 Å². The predicted octanol–water partition coefficient (Wildman–Crippen LogP) is 4.39. The third-order valence-electron chi connectivity index (χ3n) is 4.32. The second-order valence-electron chi connectivity index (χ2n) is 6.11. The normalized spacial score (nSPS) is 16.6. The molecular formula is C20H17ClN4S. The van der Waals surface area contributed by atoms with Gasteiger partial charge in [0.15, 0.2) is 5.11 Å². The van der Waals surface area contributed by atoms with Gasteiger partial charge in [-0.3, -0.25) is 0 Å². The molecule has 0 amide bonds. The van der Waals surface area contributed by atoms with Crippen molar-refractivity contribution in [1.29, 1.82) is 0 Å². The fraction of sp³-hybridized carbons (Fsp3) is 0.100. The molecule has 0 saturated heterocycles. The van der Waals surface area contributed by atoms with Crippen molar-refractivity contribution in [3.63, 3.8) is 0 Å². The largest absolute Gasteiger partial charge is 0.352 e. The first-order chi connectivity index (χ1) is 12.6. The number of halogens is 1. The molecule has 3 aromatic rings. The molecule has 0 bridgehead atoms. The van der Waals surface area contributed by atoms with Crippen LogP contribution in [-0.4, -0.2) is 14.9 Å². The molecule has 1 aliphatic rings. The molecule has 0 fully saturated rings. The molecule has 0 unspecified atom stereocenters. The minimum atomic E-state index is -0.0492. The van der Waals surface area contributed by atoms with Gasteiger partial charge in [-0.05, 0) is 55.0 Å². The number of aromatic nitrogens is 2. The van der Waals surface area contributed by atoms with Gasteiger partial charge < -0.3 is 10.6 Å². The summed E-state index contributed by atoms with van der Waals surface area (Å²) in [6.07, 6.45) is 4.17. The Balaban J connectivity index is 1.70. The minimum Gasteiger partial charge on any atom is -0.352 e. The van der Waals surface area contributed by atoms with Gasteiger partial charge in [-0.25, -0.2) is 4.68 Å².